The minimum atomic E-state index is -0.637. The summed E-state index contributed by atoms with van der Waals surface area (Å²) in [5.74, 6) is -0.284. The average molecular weight is 624 g/mol. The van der Waals surface area contributed by atoms with Gasteiger partial charge in [-0.05, 0) is 76.3 Å². The zero-order valence-corrected chi connectivity index (χ0v) is 27.1. The molecule has 2 aromatic carbocycles. The summed E-state index contributed by atoms with van der Waals surface area (Å²) < 4.78 is 18.7. The van der Waals surface area contributed by atoms with Crippen LogP contribution in [0.15, 0.2) is 48.5 Å². The summed E-state index contributed by atoms with van der Waals surface area (Å²) in [7, 11) is 0. The maximum atomic E-state index is 13.0. The summed E-state index contributed by atoms with van der Waals surface area (Å²) in [4.78, 5) is 38.6. The molecule has 0 aliphatic carbocycles. The van der Waals surface area contributed by atoms with Crippen LogP contribution in [0.3, 0.4) is 0 Å². The van der Waals surface area contributed by atoms with Crippen LogP contribution >= 0.6 is 0 Å². The number of aliphatic hydroxyl groups is 1. The van der Waals surface area contributed by atoms with Crippen LogP contribution in [0.5, 0.6) is 0 Å². The number of aliphatic hydroxyl groups excluding tert-OH is 1. The van der Waals surface area contributed by atoms with Crippen molar-refractivity contribution < 1.29 is 33.7 Å². The molecule has 45 heavy (non-hydrogen) atoms. The van der Waals surface area contributed by atoms with Crippen LogP contribution in [-0.4, -0.2) is 65.2 Å². The Morgan fingerprint density at radius 3 is 2.36 bits per heavy atom. The SMILES string of the molecule is CC(=O)NCCCCCC(=O)Nc1ccc(C2OC(CN3CCCC3C(=O)OC(C)(C)C)CC(c3ccc(CO)cc3)O2)cc1. The summed E-state index contributed by atoms with van der Waals surface area (Å²) in [6.45, 7) is 9.14. The van der Waals surface area contributed by atoms with Gasteiger partial charge in [-0.2, -0.15) is 0 Å². The van der Waals surface area contributed by atoms with Crippen molar-refractivity contribution in [1.82, 2.24) is 10.2 Å². The highest BCUT2D eigenvalue weighted by Crippen LogP contribution is 2.39. The molecule has 0 bridgehead atoms. The number of carbonyl (C=O) groups is 3. The Bertz CT molecular complexity index is 1260. The van der Waals surface area contributed by atoms with Crippen LogP contribution in [0.2, 0.25) is 0 Å². The van der Waals surface area contributed by atoms with Crippen molar-refractivity contribution in [3.05, 3.63) is 65.2 Å². The summed E-state index contributed by atoms with van der Waals surface area (Å²) >= 11 is 0. The van der Waals surface area contributed by atoms with Gasteiger partial charge in [0.05, 0.1) is 18.8 Å². The molecule has 0 spiro atoms. The van der Waals surface area contributed by atoms with Gasteiger partial charge in [-0.1, -0.05) is 42.8 Å². The summed E-state index contributed by atoms with van der Waals surface area (Å²) in [5.41, 5.74) is 2.81. The molecule has 2 aliphatic heterocycles. The number of hydrogen-bond acceptors (Lipinski definition) is 8. The highest BCUT2D eigenvalue weighted by Gasteiger charge is 2.38. The van der Waals surface area contributed by atoms with Gasteiger partial charge < -0.3 is 30.0 Å². The van der Waals surface area contributed by atoms with Gasteiger partial charge in [-0.3, -0.25) is 19.3 Å². The number of benzene rings is 2. The highest BCUT2D eigenvalue weighted by molar-refractivity contribution is 5.90. The molecule has 0 aromatic heterocycles. The molecule has 2 amide bonds. The molecule has 4 unspecified atom stereocenters. The lowest BCUT2D eigenvalue weighted by molar-refractivity contribution is -0.253. The Hall–Kier alpha value is -3.31. The van der Waals surface area contributed by atoms with Gasteiger partial charge in [0.25, 0.3) is 0 Å². The second kappa shape index (κ2) is 16.3. The first-order valence-corrected chi connectivity index (χ1v) is 16.1. The maximum Gasteiger partial charge on any atom is 0.323 e. The number of likely N-dealkylation sites (tertiary alicyclic amines) is 1. The normalized spacial score (nSPS) is 22.2. The van der Waals surface area contributed by atoms with E-state index >= 15 is 0 Å². The van der Waals surface area contributed by atoms with E-state index in [0.29, 0.717) is 31.6 Å². The van der Waals surface area contributed by atoms with E-state index < -0.39 is 11.9 Å². The molecule has 3 N–H and O–H groups in total. The molecule has 2 aliphatic rings. The topological polar surface area (TPSA) is 126 Å². The number of nitrogens with one attached hydrogen (secondary N) is 2. The van der Waals surface area contributed by atoms with E-state index in [0.717, 1.165) is 55.3 Å². The van der Waals surface area contributed by atoms with Gasteiger partial charge in [-0.25, -0.2) is 0 Å². The van der Waals surface area contributed by atoms with Crippen LogP contribution in [0, 0.1) is 0 Å². The number of unbranched alkanes of at least 4 members (excludes halogenated alkanes) is 2. The van der Waals surface area contributed by atoms with E-state index in [1.54, 1.807) is 0 Å². The smallest absolute Gasteiger partial charge is 0.323 e. The molecule has 0 saturated carbocycles. The highest BCUT2D eigenvalue weighted by atomic mass is 16.7. The van der Waals surface area contributed by atoms with Crippen LogP contribution in [0.1, 0.15) is 102 Å². The standard InChI is InChI=1S/C35H49N3O7/c1-24(40)36-19-7-5-6-10-32(41)37-28-17-15-27(16-18-28)34-43-29(21-31(44-34)26-13-11-25(23-39)12-14-26)22-38-20-8-9-30(38)33(42)45-35(2,3)4/h11-18,29-31,34,39H,5-10,19-23H2,1-4H3,(H,36,40)(H,37,41). The predicted molar refractivity (Wildman–Crippen MR) is 171 cm³/mol. The van der Waals surface area contributed by atoms with Crippen molar-refractivity contribution in [2.45, 2.75) is 109 Å². The number of carbonyl (C=O) groups excluding carboxylic acids is 3. The van der Waals surface area contributed by atoms with Gasteiger partial charge in [0.15, 0.2) is 6.29 Å². The Kier molecular flexibility index (Phi) is 12.5. The molecular weight excluding hydrogens is 574 g/mol. The van der Waals surface area contributed by atoms with E-state index in [4.69, 9.17) is 14.2 Å². The Labute approximate surface area is 266 Å². The number of ether oxygens (including phenoxy) is 3. The fraction of sp³-hybridized carbons (Fsp3) is 0.571. The Morgan fingerprint density at radius 2 is 1.69 bits per heavy atom. The average Bonchev–Trinajstić information content (AvgIpc) is 3.46. The van der Waals surface area contributed by atoms with Crippen molar-refractivity contribution in [3.63, 3.8) is 0 Å². The predicted octanol–water partition coefficient (Wildman–Crippen LogP) is 5.17. The Balaban J connectivity index is 1.40. The van der Waals surface area contributed by atoms with Crippen molar-refractivity contribution in [3.8, 4) is 0 Å². The molecule has 2 fully saturated rings. The molecule has 246 valence electrons. The Morgan fingerprint density at radius 1 is 0.978 bits per heavy atom. The first-order chi connectivity index (χ1) is 21.5. The van der Waals surface area contributed by atoms with Crippen molar-refractivity contribution in [1.29, 1.82) is 0 Å². The number of anilines is 1. The van der Waals surface area contributed by atoms with Gasteiger partial charge in [0.2, 0.25) is 11.8 Å². The zero-order chi connectivity index (χ0) is 32.4. The third kappa shape index (κ3) is 10.9. The van der Waals surface area contributed by atoms with E-state index in [9.17, 15) is 19.5 Å². The molecule has 2 saturated heterocycles. The van der Waals surface area contributed by atoms with Gasteiger partial charge in [0.1, 0.15) is 11.6 Å². The van der Waals surface area contributed by atoms with Crippen molar-refractivity contribution >= 4 is 23.5 Å². The minimum absolute atomic E-state index is 0.0251. The largest absolute Gasteiger partial charge is 0.459 e. The van der Waals surface area contributed by atoms with Crippen LogP contribution in [0.25, 0.3) is 0 Å². The maximum absolute atomic E-state index is 13.0. The molecule has 4 rings (SSSR count). The summed E-state index contributed by atoms with van der Waals surface area (Å²) in [6, 6.07) is 15.0. The molecule has 2 aromatic rings. The van der Waals surface area contributed by atoms with Crippen LogP contribution in [0.4, 0.5) is 5.69 Å². The lowest BCUT2D eigenvalue weighted by Gasteiger charge is -2.38. The minimum Gasteiger partial charge on any atom is -0.459 e. The fourth-order valence-electron chi connectivity index (χ4n) is 5.77. The molecule has 4 atom stereocenters. The van der Waals surface area contributed by atoms with Crippen molar-refractivity contribution in [2.75, 3.05) is 25.0 Å². The fourth-order valence-corrected chi connectivity index (χ4v) is 5.77. The zero-order valence-electron chi connectivity index (χ0n) is 27.1. The monoisotopic (exact) mass is 623 g/mol. The summed E-state index contributed by atoms with van der Waals surface area (Å²) in [5, 5.41) is 15.2. The lowest BCUT2D eigenvalue weighted by Crippen LogP contribution is -2.45. The van der Waals surface area contributed by atoms with E-state index in [2.05, 4.69) is 15.5 Å². The van der Waals surface area contributed by atoms with E-state index in [-0.39, 0.29) is 42.6 Å². The number of esters is 1. The van der Waals surface area contributed by atoms with E-state index in [1.165, 1.54) is 6.92 Å². The van der Waals surface area contributed by atoms with Gasteiger partial charge in [0, 0.05) is 44.1 Å². The second-order valence-electron chi connectivity index (χ2n) is 13.0. The third-order valence-corrected chi connectivity index (χ3v) is 8.02. The first kappa shape index (κ1) is 34.6. The quantitative estimate of drug-likeness (QED) is 0.206. The number of amides is 2. The number of rotatable bonds is 13. The molecule has 10 nitrogen and oxygen atoms in total. The number of hydrogen-bond donors (Lipinski definition) is 3. The second-order valence-corrected chi connectivity index (χ2v) is 13.0. The lowest BCUT2D eigenvalue weighted by atomic mass is 9.99. The van der Waals surface area contributed by atoms with Crippen LogP contribution in [-0.2, 0) is 35.2 Å². The van der Waals surface area contributed by atoms with Crippen LogP contribution < -0.4 is 10.6 Å². The first-order valence-electron chi connectivity index (χ1n) is 16.1. The molecule has 0 radical (unpaired) electrons. The van der Waals surface area contributed by atoms with E-state index in [1.807, 2.05) is 69.3 Å². The van der Waals surface area contributed by atoms with Gasteiger partial charge >= 0.3 is 5.97 Å². The summed E-state index contributed by atoms with van der Waals surface area (Å²) in [6.07, 6.45) is 4.10. The third-order valence-electron chi connectivity index (χ3n) is 8.02. The molecule has 2 heterocycles. The molecule has 10 heteroatoms. The van der Waals surface area contributed by atoms with Crippen molar-refractivity contribution in [2.24, 2.45) is 0 Å². The number of nitrogens with zero attached hydrogens (tertiary/aromatic N) is 1. The van der Waals surface area contributed by atoms with Gasteiger partial charge in [-0.15, -0.1) is 0 Å². The molecular formula is C35H49N3O7.